The summed E-state index contributed by atoms with van der Waals surface area (Å²) in [6.45, 7) is 3.06. The molecule has 17 nitrogen and oxygen atoms in total. The van der Waals surface area contributed by atoms with Gasteiger partial charge in [-0.1, -0.05) is 25.5 Å². The number of nitro groups is 1. The number of unbranched alkanes of at least 4 members (excludes halogenated alkanes) is 2. The Morgan fingerprint density at radius 2 is 1.49 bits per heavy atom. The minimum Gasteiger partial charge on any atom is -0.429 e. The SMILES string of the molecule is C[C@H](CC(=O)CCCCCN1C(=O)C=CC1=O)C(=O)N[C@@H](C)C(=O)C[C@@H](CC(N)=O)C(=O)Nc1ccc(COC(=O)Oc2ccc([N+](=O)[O-])cc2)cc1. The lowest BCUT2D eigenvalue weighted by Crippen LogP contribution is -2.43. The van der Waals surface area contributed by atoms with Crippen molar-refractivity contribution in [1.29, 1.82) is 0 Å². The summed E-state index contributed by atoms with van der Waals surface area (Å²) in [5, 5.41) is 15.9. The van der Waals surface area contributed by atoms with Crippen molar-refractivity contribution in [3.8, 4) is 5.75 Å². The van der Waals surface area contributed by atoms with Crippen LogP contribution in [0.1, 0.15) is 64.4 Å². The van der Waals surface area contributed by atoms with Crippen molar-refractivity contribution < 1.29 is 52.8 Å². The van der Waals surface area contributed by atoms with Crippen molar-refractivity contribution in [2.24, 2.45) is 17.6 Å². The molecule has 5 amide bonds. The molecule has 282 valence electrons. The van der Waals surface area contributed by atoms with Crippen LogP contribution in [0.15, 0.2) is 60.7 Å². The third-order valence-electron chi connectivity index (χ3n) is 8.15. The Kier molecular flexibility index (Phi) is 15.5. The second-order valence-electron chi connectivity index (χ2n) is 12.5. The Hall–Kier alpha value is -6.26. The van der Waals surface area contributed by atoms with E-state index in [1.165, 1.54) is 55.5 Å². The number of benzene rings is 2. The van der Waals surface area contributed by atoms with Gasteiger partial charge < -0.3 is 25.8 Å². The highest BCUT2D eigenvalue weighted by molar-refractivity contribution is 6.12. The van der Waals surface area contributed by atoms with Gasteiger partial charge in [-0.2, -0.15) is 0 Å². The van der Waals surface area contributed by atoms with Crippen LogP contribution in [-0.4, -0.2) is 69.7 Å². The zero-order valence-electron chi connectivity index (χ0n) is 29.2. The van der Waals surface area contributed by atoms with Gasteiger partial charge in [0.25, 0.3) is 17.5 Å². The third kappa shape index (κ3) is 13.8. The highest BCUT2D eigenvalue weighted by Crippen LogP contribution is 2.20. The van der Waals surface area contributed by atoms with E-state index in [1.807, 2.05) is 0 Å². The van der Waals surface area contributed by atoms with Gasteiger partial charge >= 0.3 is 6.16 Å². The van der Waals surface area contributed by atoms with Crippen LogP contribution < -0.4 is 21.1 Å². The number of carbonyl (C=O) groups excluding carboxylic acids is 8. The van der Waals surface area contributed by atoms with Crippen LogP contribution >= 0.6 is 0 Å². The number of ketones is 2. The number of amides is 5. The van der Waals surface area contributed by atoms with E-state index in [0.29, 0.717) is 30.5 Å². The number of nitro benzene ring substituents is 1. The topological polar surface area (TPSA) is 251 Å². The Labute approximate surface area is 304 Å². The van der Waals surface area contributed by atoms with Crippen molar-refractivity contribution >= 4 is 58.6 Å². The lowest BCUT2D eigenvalue weighted by atomic mass is 9.94. The molecule has 4 N–H and O–H groups in total. The molecule has 0 aromatic heterocycles. The lowest BCUT2D eigenvalue weighted by Gasteiger charge is -2.20. The fraction of sp³-hybridized carbons (Fsp3) is 0.389. The average Bonchev–Trinajstić information content (AvgIpc) is 3.43. The summed E-state index contributed by atoms with van der Waals surface area (Å²) in [4.78, 5) is 109. The van der Waals surface area contributed by atoms with E-state index in [1.54, 1.807) is 19.1 Å². The summed E-state index contributed by atoms with van der Waals surface area (Å²) in [5.41, 5.74) is 6.00. The number of anilines is 1. The number of nitrogens with one attached hydrogen (secondary N) is 2. The zero-order valence-corrected chi connectivity index (χ0v) is 29.2. The summed E-state index contributed by atoms with van der Waals surface area (Å²) in [6, 6.07) is 9.91. The van der Waals surface area contributed by atoms with Crippen molar-refractivity contribution in [1.82, 2.24) is 10.2 Å². The van der Waals surface area contributed by atoms with Gasteiger partial charge in [0.15, 0.2) is 5.78 Å². The van der Waals surface area contributed by atoms with E-state index in [4.69, 9.17) is 15.2 Å². The molecule has 0 radical (unpaired) electrons. The third-order valence-corrected chi connectivity index (χ3v) is 8.15. The van der Waals surface area contributed by atoms with Crippen LogP contribution in [0.5, 0.6) is 5.75 Å². The second-order valence-corrected chi connectivity index (χ2v) is 12.5. The first kappa shape index (κ1) is 41.2. The fourth-order valence-electron chi connectivity index (χ4n) is 5.15. The maximum atomic E-state index is 13.1. The van der Waals surface area contributed by atoms with E-state index in [-0.39, 0.29) is 55.0 Å². The van der Waals surface area contributed by atoms with Crippen LogP contribution in [0, 0.1) is 22.0 Å². The number of nitrogens with two attached hydrogens (primary N) is 1. The first-order chi connectivity index (χ1) is 25.1. The maximum absolute atomic E-state index is 13.1. The Morgan fingerprint density at radius 1 is 0.849 bits per heavy atom. The number of Topliss-reactive ketones (excluding diaryl/α,β-unsaturated/α-hetero) is 2. The van der Waals surface area contributed by atoms with E-state index in [0.717, 1.165) is 4.90 Å². The molecule has 0 unspecified atom stereocenters. The first-order valence-electron chi connectivity index (χ1n) is 16.8. The monoisotopic (exact) mass is 735 g/mol. The predicted octanol–water partition coefficient (Wildman–Crippen LogP) is 3.29. The molecule has 3 rings (SSSR count). The van der Waals surface area contributed by atoms with Gasteiger partial charge in [-0.05, 0) is 49.6 Å². The van der Waals surface area contributed by atoms with Crippen LogP contribution in [0.3, 0.4) is 0 Å². The predicted molar refractivity (Wildman–Crippen MR) is 187 cm³/mol. The van der Waals surface area contributed by atoms with Gasteiger partial charge in [-0.25, -0.2) is 4.79 Å². The van der Waals surface area contributed by atoms with Crippen LogP contribution in [-0.2, 0) is 44.9 Å². The van der Waals surface area contributed by atoms with Gasteiger partial charge in [0.2, 0.25) is 17.7 Å². The van der Waals surface area contributed by atoms with Crippen molar-refractivity contribution in [3.05, 3.63) is 76.4 Å². The molecule has 17 heteroatoms. The zero-order chi connectivity index (χ0) is 39.1. The summed E-state index contributed by atoms with van der Waals surface area (Å²) in [6.07, 6.45) is 2.39. The summed E-state index contributed by atoms with van der Waals surface area (Å²) >= 11 is 0. The standard InChI is InChI=1S/C36H41N5O12/c1-22(18-28(42)6-4-3-5-17-40-32(45)15-16-33(40)46)34(47)38-23(2)30(43)19-25(20-31(37)44)35(48)39-26-9-7-24(8-10-26)21-52-36(49)53-29-13-11-27(12-14-29)41(50)51/h7-16,22-23,25H,3-6,17-21H2,1-2H3,(H2,37,44)(H,38,47)(H,39,48)/t22-,23+,25+/m1/s1. The van der Waals surface area contributed by atoms with Gasteiger partial charge in [-0.3, -0.25) is 48.6 Å². The molecule has 3 atom stereocenters. The number of primary amides is 1. The Bertz CT molecular complexity index is 1720. The van der Waals surface area contributed by atoms with E-state index < -0.39 is 65.3 Å². The smallest absolute Gasteiger partial charge is 0.429 e. The number of imide groups is 1. The maximum Gasteiger partial charge on any atom is 0.514 e. The van der Waals surface area contributed by atoms with E-state index >= 15 is 0 Å². The Balaban J connectivity index is 1.41. The number of hydrogen-bond donors (Lipinski definition) is 3. The summed E-state index contributed by atoms with van der Waals surface area (Å²) in [5.74, 6) is -5.23. The molecule has 2 aromatic carbocycles. The van der Waals surface area contributed by atoms with E-state index in [2.05, 4.69) is 10.6 Å². The molecule has 1 aliphatic rings. The number of nitrogens with zero attached hydrogens (tertiary/aromatic N) is 2. The van der Waals surface area contributed by atoms with Crippen molar-refractivity contribution in [2.45, 2.75) is 71.4 Å². The van der Waals surface area contributed by atoms with Gasteiger partial charge in [0.1, 0.15) is 18.1 Å². The molecule has 2 aromatic rings. The van der Waals surface area contributed by atoms with Crippen LogP contribution in [0.2, 0.25) is 0 Å². The minimum atomic E-state index is -1.14. The molecule has 0 aliphatic carbocycles. The molecule has 0 fully saturated rings. The molecular weight excluding hydrogens is 694 g/mol. The molecule has 0 saturated heterocycles. The molecule has 1 heterocycles. The molecule has 0 spiro atoms. The molecule has 53 heavy (non-hydrogen) atoms. The average molecular weight is 736 g/mol. The molecule has 1 aliphatic heterocycles. The fourth-order valence-corrected chi connectivity index (χ4v) is 5.15. The van der Waals surface area contributed by atoms with Gasteiger partial charge in [0, 0.05) is 68.1 Å². The van der Waals surface area contributed by atoms with Crippen molar-refractivity contribution in [3.63, 3.8) is 0 Å². The van der Waals surface area contributed by atoms with Crippen LogP contribution in [0.4, 0.5) is 16.2 Å². The van der Waals surface area contributed by atoms with E-state index in [9.17, 15) is 48.5 Å². The second kappa shape index (κ2) is 20.0. The largest absolute Gasteiger partial charge is 0.514 e. The number of hydrogen-bond acceptors (Lipinski definition) is 12. The highest BCUT2D eigenvalue weighted by atomic mass is 16.7. The van der Waals surface area contributed by atoms with Gasteiger partial charge in [0.05, 0.1) is 16.9 Å². The summed E-state index contributed by atoms with van der Waals surface area (Å²) < 4.78 is 10.0. The number of non-ortho nitro benzene ring substituents is 1. The molecule has 0 saturated carbocycles. The quantitative estimate of drug-likeness (QED) is 0.0417. The highest BCUT2D eigenvalue weighted by Gasteiger charge is 2.28. The Morgan fingerprint density at radius 3 is 2.09 bits per heavy atom. The lowest BCUT2D eigenvalue weighted by molar-refractivity contribution is -0.384. The minimum absolute atomic E-state index is 0.0494. The number of rotatable bonds is 21. The number of carbonyl (C=O) groups is 8. The molecular formula is C36H41N5O12. The van der Waals surface area contributed by atoms with Crippen LogP contribution in [0.25, 0.3) is 0 Å². The molecule has 0 bridgehead atoms. The van der Waals surface area contributed by atoms with Crippen molar-refractivity contribution in [2.75, 3.05) is 11.9 Å². The first-order valence-corrected chi connectivity index (χ1v) is 16.8. The summed E-state index contributed by atoms with van der Waals surface area (Å²) in [7, 11) is 0. The number of ether oxygens (including phenoxy) is 2. The normalized spacial score (nSPS) is 13.8. The van der Waals surface area contributed by atoms with Gasteiger partial charge in [-0.15, -0.1) is 0 Å².